The van der Waals surface area contributed by atoms with Crippen molar-refractivity contribution in [1.82, 2.24) is 9.55 Å². The van der Waals surface area contributed by atoms with Crippen LogP contribution in [-0.4, -0.2) is 20.7 Å². The summed E-state index contributed by atoms with van der Waals surface area (Å²) >= 11 is 2.95. The van der Waals surface area contributed by atoms with Crippen molar-refractivity contribution in [1.29, 1.82) is 0 Å². The minimum Gasteiger partial charge on any atom is -0.325 e. The number of carbonyl (C=O) groups is 1. The fourth-order valence-corrected chi connectivity index (χ4v) is 6.35. The van der Waals surface area contributed by atoms with E-state index < -0.39 is 0 Å². The van der Waals surface area contributed by atoms with Gasteiger partial charge in [-0.3, -0.25) is 14.2 Å². The number of carbonyl (C=O) groups excluding carboxylic acids is 1. The Kier molecular flexibility index (Phi) is 6.26. The average Bonchev–Trinajstić information content (AvgIpc) is 3.33. The predicted molar refractivity (Wildman–Crippen MR) is 131 cm³/mol. The average molecular weight is 456 g/mol. The molecular formula is C24H29N3O2S2. The Labute approximate surface area is 191 Å². The van der Waals surface area contributed by atoms with Crippen LogP contribution >= 0.6 is 23.1 Å². The number of thiophene rings is 1. The molecule has 5 nitrogen and oxygen atoms in total. The summed E-state index contributed by atoms with van der Waals surface area (Å²) in [5, 5.41) is 4.11. The molecule has 31 heavy (non-hydrogen) atoms. The van der Waals surface area contributed by atoms with E-state index in [1.165, 1.54) is 11.8 Å². The van der Waals surface area contributed by atoms with Crippen molar-refractivity contribution in [2.45, 2.75) is 76.8 Å². The highest BCUT2D eigenvalue weighted by atomic mass is 32.2. The van der Waals surface area contributed by atoms with E-state index in [1.807, 2.05) is 57.4 Å². The number of nitrogens with one attached hydrogen (secondary N) is 1. The lowest BCUT2D eigenvalue weighted by Gasteiger charge is -2.20. The van der Waals surface area contributed by atoms with Crippen LogP contribution < -0.4 is 10.9 Å². The van der Waals surface area contributed by atoms with E-state index >= 15 is 0 Å². The molecule has 3 aromatic rings. The molecule has 7 heteroatoms. The largest absolute Gasteiger partial charge is 0.325 e. The van der Waals surface area contributed by atoms with Gasteiger partial charge in [-0.15, -0.1) is 11.3 Å². The van der Waals surface area contributed by atoms with Crippen LogP contribution in [0.15, 0.2) is 28.2 Å². The van der Waals surface area contributed by atoms with Gasteiger partial charge in [0.25, 0.3) is 5.56 Å². The molecule has 0 radical (unpaired) electrons. The van der Waals surface area contributed by atoms with Gasteiger partial charge in [0.05, 0.1) is 10.6 Å². The van der Waals surface area contributed by atoms with Gasteiger partial charge in [0, 0.05) is 16.6 Å². The summed E-state index contributed by atoms with van der Waals surface area (Å²) in [6.45, 7) is 9.91. The Morgan fingerprint density at radius 3 is 2.48 bits per heavy atom. The van der Waals surface area contributed by atoms with E-state index in [-0.39, 0.29) is 22.8 Å². The molecule has 1 saturated carbocycles. The predicted octanol–water partition coefficient (Wildman–Crippen LogP) is 5.93. The summed E-state index contributed by atoms with van der Waals surface area (Å²) in [6, 6.07) is 6.15. The van der Waals surface area contributed by atoms with Gasteiger partial charge in [0.1, 0.15) is 4.83 Å². The number of nitrogens with zero attached hydrogens (tertiary/aromatic N) is 2. The summed E-state index contributed by atoms with van der Waals surface area (Å²) in [5.74, 6) is -0.0757. The van der Waals surface area contributed by atoms with Gasteiger partial charge in [-0.25, -0.2) is 4.98 Å². The Morgan fingerprint density at radius 1 is 1.19 bits per heavy atom. The summed E-state index contributed by atoms with van der Waals surface area (Å²) < 4.78 is 1.88. The number of aromatic nitrogens is 2. The Hall–Kier alpha value is -2.12. The zero-order valence-corrected chi connectivity index (χ0v) is 20.4. The molecule has 1 N–H and O–H groups in total. The van der Waals surface area contributed by atoms with Gasteiger partial charge in [0.2, 0.25) is 5.91 Å². The number of anilines is 1. The summed E-state index contributed by atoms with van der Waals surface area (Å²) in [5.41, 5.74) is 4.02. The molecule has 1 unspecified atom stereocenters. The fraction of sp³-hybridized carbons (Fsp3) is 0.458. The summed E-state index contributed by atoms with van der Waals surface area (Å²) in [6.07, 6.45) is 4.24. The lowest BCUT2D eigenvalue weighted by atomic mass is 10.1. The third-order valence-electron chi connectivity index (χ3n) is 6.27. The van der Waals surface area contributed by atoms with E-state index in [2.05, 4.69) is 5.32 Å². The van der Waals surface area contributed by atoms with E-state index in [0.29, 0.717) is 5.16 Å². The fourth-order valence-electron chi connectivity index (χ4n) is 4.30. The molecule has 0 spiro atoms. The van der Waals surface area contributed by atoms with Gasteiger partial charge in [-0.1, -0.05) is 42.8 Å². The molecule has 2 aromatic heterocycles. The van der Waals surface area contributed by atoms with Crippen molar-refractivity contribution in [3.8, 4) is 0 Å². The SMILES string of the molecule is Cc1cccc(C)c1NC(=O)C(C)Sc1nc2sc(C)c(C)c2c(=O)n1C1CCCC1. The molecule has 1 fully saturated rings. The topological polar surface area (TPSA) is 64.0 Å². The van der Waals surface area contributed by atoms with Crippen molar-refractivity contribution in [2.24, 2.45) is 0 Å². The zero-order valence-electron chi connectivity index (χ0n) is 18.7. The lowest BCUT2D eigenvalue weighted by Crippen LogP contribution is -2.29. The maximum Gasteiger partial charge on any atom is 0.263 e. The first-order valence-corrected chi connectivity index (χ1v) is 12.5. The number of aryl methyl sites for hydroxylation is 4. The number of fused-ring (bicyclic) bond motifs is 1. The maximum absolute atomic E-state index is 13.5. The number of para-hydroxylation sites is 1. The van der Waals surface area contributed by atoms with Gasteiger partial charge < -0.3 is 5.32 Å². The second-order valence-electron chi connectivity index (χ2n) is 8.49. The van der Waals surface area contributed by atoms with Crippen LogP contribution in [0.25, 0.3) is 10.2 Å². The van der Waals surface area contributed by atoms with Crippen LogP contribution in [0.4, 0.5) is 5.69 Å². The van der Waals surface area contributed by atoms with Crippen molar-refractivity contribution in [3.05, 3.63) is 50.1 Å². The molecule has 2 heterocycles. The minimum absolute atomic E-state index is 0.0450. The van der Waals surface area contributed by atoms with Crippen LogP contribution in [0, 0.1) is 27.7 Å². The van der Waals surface area contributed by atoms with Crippen molar-refractivity contribution in [2.75, 3.05) is 5.32 Å². The van der Waals surface area contributed by atoms with E-state index in [0.717, 1.165) is 63.2 Å². The Morgan fingerprint density at radius 2 is 1.84 bits per heavy atom. The Balaban J connectivity index is 1.69. The quantitative estimate of drug-likeness (QED) is 0.383. The summed E-state index contributed by atoms with van der Waals surface area (Å²) in [4.78, 5) is 33.3. The normalized spacial score (nSPS) is 15.5. The first-order valence-electron chi connectivity index (χ1n) is 10.8. The molecule has 1 amide bonds. The minimum atomic E-state index is -0.377. The van der Waals surface area contributed by atoms with Gasteiger partial charge in [0.15, 0.2) is 5.16 Å². The van der Waals surface area contributed by atoms with Crippen LogP contribution in [0.2, 0.25) is 0 Å². The highest BCUT2D eigenvalue weighted by Gasteiger charge is 2.27. The van der Waals surface area contributed by atoms with E-state index in [4.69, 9.17) is 4.98 Å². The molecule has 1 aliphatic rings. The molecule has 4 rings (SSSR count). The second-order valence-corrected chi connectivity index (χ2v) is 11.0. The van der Waals surface area contributed by atoms with Crippen LogP contribution in [0.5, 0.6) is 0 Å². The lowest BCUT2D eigenvalue weighted by molar-refractivity contribution is -0.115. The van der Waals surface area contributed by atoms with Gasteiger partial charge in [-0.05, 0) is 64.2 Å². The number of hydrogen-bond donors (Lipinski definition) is 1. The van der Waals surface area contributed by atoms with Crippen LogP contribution in [0.1, 0.15) is 60.2 Å². The molecule has 164 valence electrons. The van der Waals surface area contributed by atoms with Crippen LogP contribution in [0.3, 0.4) is 0 Å². The third kappa shape index (κ3) is 4.17. The van der Waals surface area contributed by atoms with E-state index in [9.17, 15) is 9.59 Å². The molecule has 1 aromatic carbocycles. The van der Waals surface area contributed by atoms with Crippen molar-refractivity contribution in [3.63, 3.8) is 0 Å². The molecule has 1 atom stereocenters. The highest BCUT2D eigenvalue weighted by molar-refractivity contribution is 8.00. The molecule has 0 bridgehead atoms. The number of benzene rings is 1. The number of hydrogen-bond acceptors (Lipinski definition) is 5. The number of amides is 1. The maximum atomic E-state index is 13.5. The smallest absolute Gasteiger partial charge is 0.263 e. The van der Waals surface area contributed by atoms with Crippen molar-refractivity contribution >= 4 is 44.9 Å². The van der Waals surface area contributed by atoms with Crippen molar-refractivity contribution < 1.29 is 4.79 Å². The number of thioether (sulfide) groups is 1. The highest BCUT2D eigenvalue weighted by Crippen LogP contribution is 2.36. The first-order chi connectivity index (χ1) is 14.8. The first kappa shape index (κ1) is 22.1. The van der Waals surface area contributed by atoms with E-state index in [1.54, 1.807) is 11.3 Å². The molecular weight excluding hydrogens is 426 g/mol. The summed E-state index contributed by atoms with van der Waals surface area (Å²) in [7, 11) is 0. The molecule has 0 aliphatic heterocycles. The molecule has 1 aliphatic carbocycles. The van der Waals surface area contributed by atoms with Gasteiger partial charge in [-0.2, -0.15) is 0 Å². The van der Waals surface area contributed by atoms with Crippen LogP contribution in [-0.2, 0) is 4.79 Å². The number of rotatable bonds is 5. The second kappa shape index (κ2) is 8.79. The zero-order chi connectivity index (χ0) is 22.3. The van der Waals surface area contributed by atoms with Gasteiger partial charge >= 0.3 is 0 Å². The Bertz CT molecular complexity index is 1190. The standard InChI is InChI=1S/C24H29N3O2S2/c1-13-9-8-10-14(2)20(13)25-21(28)17(5)31-24-26-22-19(15(3)16(4)30-22)23(29)27(24)18-11-6-7-12-18/h8-10,17-18H,6-7,11-12H2,1-5H3,(H,25,28). The molecule has 0 saturated heterocycles. The monoisotopic (exact) mass is 455 g/mol. The third-order valence-corrected chi connectivity index (χ3v) is 8.44.